The molecular weight excluding hydrogens is 593 g/mol. The van der Waals surface area contributed by atoms with Gasteiger partial charge in [0.25, 0.3) is 0 Å². The highest BCUT2D eigenvalue weighted by Gasteiger charge is 2.12. The van der Waals surface area contributed by atoms with Crippen LogP contribution in [0.5, 0.6) is 0 Å². The van der Waals surface area contributed by atoms with E-state index in [0.29, 0.717) is 0 Å². The molecule has 0 fully saturated rings. The van der Waals surface area contributed by atoms with Gasteiger partial charge in [-0.05, 0) is 75.8 Å². The second-order valence-corrected chi connectivity index (χ2v) is 12.4. The molecule has 0 atom stereocenters. The van der Waals surface area contributed by atoms with Gasteiger partial charge in [0.2, 0.25) is 0 Å². The minimum Gasteiger partial charge on any atom is -0.309 e. The van der Waals surface area contributed by atoms with Gasteiger partial charge in [-0.15, -0.1) is 0 Å². The lowest BCUT2D eigenvalue weighted by molar-refractivity contribution is 1.18. The highest BCUT2D eigenvalue weighted by molar-refractivity contribution is 6.09. The molecule has 0 aliphatic carbocycles. The van der Waals surface area contributed by atoms with Crippen LogP contribution in [-0.2, 0) is 0 Å². The van der Waals surface area contributed by atoms with Crippen LogP contribution in [0.2, 0.25) is 0 Å². The molecule has 0 amide bonds. The second kappa shape index (κ2) is 12.3. The zero-order valence-corrected chi connectivity index (χ0v) is 26.9. The molecule has 0 spiro atoms. The number of pyridine rings is 1. The summed E-state index contributed by atoms with van der Waals surface area (Å²) in [5.74, 6) is 0. The van der Waals surface area contributed by atoms with Crippen molar-refractivity contribution in [3.8, 4) is 61.6 Å². The Balaban J connectivity index is 1.03. The molecule has 9 aromatic rings. The summed E-state index contributed by atoms with van der Waals surface area (Å²) >= 11 is 0. The number of nitrogens with zero attached hydrogens (tertiary/aromatic N) is 2. The fraction of sp³-hybridized carbons (Fsp3) is 0. The van der Waals surface area contributed by atoms with Gasteiger partial charge in [-0.1, -0.05) is 152 Å². The number of hydrogen-bond acceptors (Lipinski definition) is 1. The van der Waals surface area contributed by atoms with Crippen molar-refractivity contribution in [3.05, 3.63) is 194 Å². The summed E-state index contributed by atoms with van der Waals surface area (Å²) in [6, 6.07) is 69.2. The standard InChI is InChI=1S/C47H32N2/c1-3-12-36(13-4-1)44-31-40(32-45(48-44)37-14-5-2-6-15-37)35-24-22-33(23-25-35)38-16-11-17-39(30-38)34-26-28-41(29-27-34)49-46-20-9-7-18-42(46)43-19-8-10-21-47(43)49/h1-32H. The fourth-order valence-electron chi connectivity index (χ4n) is 6.95. The van der Waals surface area contributed by atoms with E-state index in [2.05, 4.69) is 187 Å². The predicted molar refractivity (Wildman–Crippen MR) is 206 cm³/mol. The Kier molecular flexibility index (Phi) is 7.18. The van der Waals surface area contributed by atoms with Crippen LogP contribution >= 0.6 is 0 Å². The molecular formula is C47H32N2. The molecule has 0 aliphatic heterocycles. The summed E-state index contributed by atoms with van der Waals surface area (Å²) in [6.45, 7) is 0. The Morgan fingerprint density at radius 1 is 0.286 bits per heavy atom. The van der Waals surface area contributed by atoms with Crippen LogP contribution in [0.1, 0.15) is 0 Å². The third kappa shape index (κ3) is 5.40. The summed E-state index contributed by atoms with van der Waals surface area (Å²) in [5, 5.41) is 2.55. The van der Waals surface area contributed by atoms with Gasteiger partial charge < -0.3 is 4.57 Å². The van der Waals surface area contributed by atoms with Crippen molar-refractivity contribution in [3.63, 3.8) is 0 Å². The normalized spacial score (nSPS) is 11.3. The second-order valence-electron chi connectivity index (χ2n) is 12.4. The molecule has 49 heavy (non-hydrogen) atoms. The van der Waals surface area contributed by atoms with Crippen molar-refractivity contribution in [2.75, 3.05) is 0 Å². The van der Waals surface area contributed by atoms with E-state index in [9.17, 15) is 0 Å². The van der Waals surface area contributed by atoms with Gasteiger partial charge in [0.1, 0.15) is 0 Å². The first-order valence-electron chi connectivity index (χ1n) is 16.7. The van der Waals surface area contributed by atoms with Gasteiger partial charge in [0.05, 0.1) is 22.4 Å². The van der Waals surface area contributed by atoms with Crippen LogP contribution in [0.3, 0.4) is 0 Å². The number of para-hydroxylation sites is 2. The van der Waals surface area contributed by atoms with E-state index >= 15 is 0 Å². The number of aromatic nitrogens is 2. The molecule has 0 radical (unpaired) electrons. The lowest BCUT2D eigenvalue weighted by Gasteiger charge is -2.12. The maximum Gasteiger partial charge on any atom is 0.0715 e. The molecule has 0 saturated carbocycles. The number of rotatable bonds is 6. The van der Waals surface area contributed by atoms with E-state index in [4.69, 9.17) is 4.98 Å². The third-order valence-electron chi connectivity index (χ3n) is 9.42. The lowest BCUT2D eigenvalue weighted by Crippen LogP contribution is -1.93. The largest absolute Gasteiger partial charge is 0.309 e. The Hall–Kier alpha value is -6.51. The Bertz CT molecular complexity index is 2450. The van der Waals surface area contributed by atoms with Crippen molar-refractivity contribution < 1.29 is 0 Å². The van der Waals surface area contributed by atoms with Gasteiger partial charge in [-0.2, -0.15) is 0 Å². The summed E-state index contributed by atoms with van der Waals surface area (Å²) < 4.78 is 2.36. The summed E-state index contributed by atoms with van der Waals surface area (Å²) in [5.41, 5.74) is 14.9. The van der Waals surface area contributed by atoms with Crippen LogP contribution in [0, 0.1) is 0 Å². The molecule has 2 heterocycles. The van der Waals surface area contributed by atoms with Crippen LogP contribution < -0.4 is 0 Å². The molecule has 2 aromatic heterocycles. The average molecular weight is 625 g/mol. The highest BCUT2D eigenvalue weighted by Crippen LogP contribution is 2.35. The minimum absolute atomic E-state index is 0.970. The monoisotopic (exact) mass is 624 g/mol. The van der Waals surface area contributed by atoms with Gasteiger partial charge in [0, 0.05) is 27.6 Å². The van der Waals surface area contributed by atoms with E-state index in [1.807, 2.05) is 12.1 Å². The molecule has 0 N–H and O–H groups in total. The molecule has 0 saturated heterocycles. The first-order chi connectivity index (χ1) is 24.3. The zero-order valence-electron chi connectivity index (χ0n) is 26.9. The first-order valence-corrected chi connectivity index (χ1v) is 16.7. The molecule has 2 nitrogen and oxygen atoms in total. The Labute approximate surface area is 286 Å². The smallest absolute Gasteiger partial charge is 0.0715 e. The van der Waals surface area contributed by atoms with Crippen LogP contribution in [-0.4, -0.2) is 9.55 Å². The Morgan fingerprint density at radius 3 is 1.20 bits per heavy atom. The predicted octanol–water partition coefficient (Wildman–Crippen LogP) is 12.5. The quantitative estimate of drug-likeness (QED) is 0.180. The fourth-order valence-corrected chi connectivity index (χ4v) is 6.95. The molecule has 230 valence electrons. The Morgan fingerprint density at radius 2 is 0.694 bits per heavy atom. The summed E-state index contributed by atoms with van der Waals surface area (Å²) in [7, 11) is 0. The van der Waals surface area contributed by atoms with Gasteiger partial charge in [-0.3, -0.25) is 0 Å². The van der Waals surface area contributed by atoms with E-state index in [-0.39, 0.29) is 0 Å². The SMILES string of the molecule is c1ccc(-c2cc(-c3ccc(-c4cccc(-c5ccc(-n6c7ccccc7c7ccccc76)cc5)c4)cc3)cc(-c3ccccc3)n2)cc1. The van der Waals surface area contributed by atoms with Gasteiger partial charge in [0.15, 0.2) is 0 Å². The van der Waals surface area contributed by atoms with Gasteiger partial charge in [-0.25, -0.2) is 4.98 Å². The summed E-state index contributed by atoms with van der Waals surface area (Å²) in [6.07, 6.45) is 0. The van der Waals surface area contributed by atoms with E-state index in [1.165, 1.54) is 44.1 Å². The van der Waals surface area contributed by atoms with E-state index in [0.717, 1.165) is 39.3 Å². The first kappa shape index (κ1) is 28.7. The summed E-state index contributed by atoms with van der Waals surface area (Å²) in [4.78, 5) is 5.05. The van der Waals surface area contributed by atoms with Crippen molar-refractivity contribution in [1.82, 2.24) is 9.55 Å². The maximum absolute atomic E-state index is 5.05. The number of fused-ring (bicyclic) bond motifs is 3. The van der Waals surface area contributed by atoms with Crippen LogP contribution in [0.25, 0.3) is 83.4 Å². The molecule has 7 aromatic carbocycles. The lowest BCUT2D eigenvalue weighted by atomic mass is 9.96. The zero-order chi connectivity index (χ0) is 32.6. The topological polar surface area (TPSA) is 17.8 Å². The van der Waals surface area contributed by atoms with Crippen molar-refractivity contribution in [2.45, 2.75) is 0 Å². The molecule has 2 heteroatoms. The molecule has 0 unspecified atom stereocenters. The van der Waals surface area contributed by atoms with Gasteiger partial charge >= 0.3 is 0 Å². The highest BCUT2D eigenvalue weighted by atomic mass is 15.0. The number of hydrogen-bond donors (Lipinski definition) is 0. The molecule has 0 bridgehead atoms. The van der Waals surface area contributed by atoms with Crippen molar-refractivity contribution >= 4 is 21.8 Å². The van der Waals surface area contributed by atoms with Crippen molar-refractivity contribution in [1.29, 1.82) is 0 Å². The third-order valence-corrected chi connectivity index (χ3v) is 9.42. The molecule has 9 rings (SSSR count). The van der Waals surface area contributed by atoms with Crippen LogP contribution in [0.4, 0.5) is 0 Å². The van der Waals surface area contributed by atoms with Crippen LogP contribution in [0.15, 0.2) is 194 Å². The van der Waals surface area contributed by atoms with Crippen molar-refractivity contribution in [2.24, 2.45) is 0 Å². The van der Waals surface area contributed by atoms with E-state index in [1.54, 1.807) is 0 Å². The minimum atomic E-state index is 0.970. The average Bonchev–Trinajstić information content (AvgIpc) is 3.53. The molecule has 0 aliphatic rings. The maximum atomic E-state index is 5.05. The number of benzene rings is 7. The van der Waals surface area contributed by atoms with E-state index < -0.39 is 0 Å².